The normalized spacial score (nSPS) is 25.2. The maximum Gasteiger partial charge on any atom is 0.185 e. The minimum Gasteiger partial charge on any atom is -0.346 e. The lowest BCUT2D eigenvalue weighted by molar-refractivity contribution is 0.0967. The number of hydrogen-bond acceptors (Lipinski definition) is 5. The Kier molecular flexibility index (Phi) is 4.82. The molecule has 0 radical (unpaired) electrons. The molecule has 21 heavy (non-hydrogen) atoms. The van der Waals surface area contributed by atoms with E-state index < -0.39 is 0 Å². The predicted molar refractivity (Wildman–Crippen MR) is 90.1 cm³/mol. The zero-order valence-electron chi connectivity index (χ0n) is 13.3. The standard InChI is InChI=1S/C16H28N4S/c1-16(2,14-4-3-5-17-12-14)13-19-7-9-20(10-8-19)15-18-6-11-21-15/h6,11,14,17H,3-5,7-10,12-13H2,1-2H3. The molecule has 3 heterocycles. The van der Waals surface area contributed by atoms with E-state index in [2.05, 4.69) is 39.3 Å². The van der Waals surface area contributed by atoms with Crippen molar-refractivity contribution in [2.45, 2.75) is 26.7 Å². The van der Waals surface area contributed by atoms with Crippen molar-refractivity contribution in [1.82, 2.24) is 15.2 Å². The first kappa shape index (κ1) is 15.3. The molecule has 3 rings (SSSR count). The van der Waals surface area contributed by atoms with E-state index in [1.165, 1.54) is 50.7 Å². The van der Waals surface area contributed by atoms with Gasteiger partial charge in [0.15, 0.2) is 5.13 Å². The molecule has 1 atom stereocenters. The quantitative estimate of drug-likeness (QED) is 0.925. The van der Waals surface area contributed by atoms with Gasteiger partial charge in [-0.05, 0) is 37.3 Å². The summed E-state index contributed by atoms with van der Waals surface area (Å²) >= 11 is 1.75. The summed E-state index contributed by atoms with van der Waals surface area (Å²) in [5, 5.41) is 6.83. The summed E-state index contributed by atoms with van der Waals surface area (Å²) in [6, 6.07) is 0. The van der Waals surface area contributed by atoms with Crippen molar-refractivity contribution < 1.29 is 0 Å². The minimum atomic E-state index is 0.413. The van der Waals surface area contributed by atoms with E-state index in [0.29, 0.717) is 5.41 Å². The van der Waals surface area contributed by atoms with Crippen molar-refractivity contribution in [1.29, 1.82) is 0 Å². The minimum absolute atomic E-state index is 0.413. The van der Waals surface area contributed by atoms with Gasteiger partial charge in [-0.25, -0.2) is 4.98 Å². The van der Waals surface area contributed by atoms with Crippen LogP contribution < -0.4 is 10.2 Å². The number of thiazole rings is 1. The number of aromatic nitrogens is 1. The Labute approximate surface area is 132 Å². The summed E-state index contributed by atoms with van der Waals surface area (Å²) in [7, 11) is 0. The van der Waals surface area contributed by atoms with Crippen molar-refractivity contribution in [3.05, 3.63) is 11.6 Å². The van der Waals surface area contributed by atoms with Gasteiger partial charge in [-0.2, -0.15) is 0 Å². The molecule has 0 aromatic carbocycles. The first-order valence-electron chi connectivity index (χ1n) is 8.23. The van der Waals surface area contributed by atoms with Crippen LogP contribution in [0.3, 0.4) is 0 Å². The monoisotopic (exact) mass is 308 g/mol. The van der Waals surface area contributed by atoms with Crippen LogP contribution >= 0.6 is 11.3 Å². The smallest absolute Gasteiger partial charge is 0.185 e. The Hall–Kier alpha value is -0.650. The van der Waals surface area contributed by atoms with Gasteiger partial charge < -0.3 is 10.2 Å². The lowest BCUT2D eigenvalue weighted by atomic mass is 9.74. The number of piperazine rings is 1. The number of anilines is 1. The Bertz CT molecular complexity index is 417. The third-order valence-corrected chi connectivity index (χ3v) is 5.93. The molecule has 1 aromatic heterocycles. The van der Waals surface area contributed by atoms with Gasteiger partial charge in [0.05, 0.1) is 0 Å². The number of nitrogens with zero attached hydrogens (tertiary/aromatic N) is 3. The molecule has 2 fully saturated rings. The van der Waals surface area contributed by atoms with Crippen LogP contribution in [-0.4, -0.2) is 55.7 Å². The maximum absolute atomic E-state index is 4.43. The molecule has 0 spiro atoms. The van der Waals surface area contributed by atoms with Crippen LogP contribution in [-0.2, 0) is 0 Å². The molecule has 4 nitrogen and oxygen atoms in total. The largest absolute Gasteiger partial charge is 0.346 e. The zero-order chi connectivity index (χ0) is 14.7. The van der Waals surface area contributed by atoms with E-state index in [4.69, 9.17) is 0 Å². The third-order valence-electron chi connectivity index (χ3n) is 5.10. The fourth-order valence-electron chi connectivity index (χ4n) is 3.69. The van der Waals surface area contributed by atoms with Gasteiger partial charge in [-0.3, -0.25) is 4.90 Å². The van der Waals surface area contributed by atoms with Gasteiger partial charge in [0.25, 0.3) is 0 Å². The Morgan fingerprint density at radius 3 is 2.76 bits per heavy atom. The van der Waals surface area contributed by atoms with Gasteiger partial charge in [-0.15, -0.1) is 11.3 Å². The SMILES string of the molecule is CC(C)(CN1CCN(c2nccs2)CC1)C1CCCNC1. The molecule has 0 amide bonds. The second-order valence-corrected chi connectivity index (χ2v) is 7.98. The summed E-state index contributed by atoms with van der Waals surface area (Å²) in [4.78, 5) is 9.51. The summed E-state index contributed by atoms with van der Waals surface area (Å²) in [6.45, 7) is 13.1. The van der Waals surface area contributed by atoms with Crippen molar-refractivity contribution in [3.8, 4) is 0 Å². The molecular formula is C16H28N4S. The first-order chi connectivity index (χ1) is 10.1. The van der Waals surface area contributed by atoms with Crippen LogP contribution in [0.2, 0.25) is 0 Å². The van der Waals surface area contributed by atoms with Gasteiger partial charge >= 0.3 is 0 Å². The average Bonchev–Trinajstić information content (AvgIpc) is 3.03. The molecule has 1 aromatic rings. The molecule has 0 bridgehead atoms. The first-order valence-corrected chi connectivity index (χ1v) is 9.11. The van der Waals surface area contributed by atoms with Gasteiger partial charge in [0.1, 0.15) is 0 Å². The van der Waals surface area contributed by atoms with E-state index in [1.807, 2.05) is 6.20 Å². The van der Waals surface area contributed by atoms with Crippen molar-refractivity contribution in [2.75, 3.05) is 50.7 Å². The lowest BCUT2D eigenvalue weighted by Gasteiger charge is -2.43. The Balaban J connectivity index is 1.50. The van der Waals surface area contributed by atoms with E-state index >= 15 is 0 Å². The molecule has 0 aliphatic carbocycles. The predicted octanol–water partition coefficient (Wildman–Crippen LogP) is 2.29. The van der Waals surface area contributed by atoms with Crippen LogP contribution in [0.4, 0.5) is 5.13 Å². The Morgan fingerprint density at radius 2 is 2.14 bits per heavy atom. The fourth-order valence-corrected chi connectivity index (χ4v) is 4.39. The van der Waals surface area contributed by atoms with Gasteiger partial charge in [0.2, 0.25) is 0 Å². The molecule has 1 unspecified atom stereocenters. The molecule has 2 aliphatic rings. The second kappa shape index (κ2) is 6.63. The number of nitrogens with one attached hydrogen (secondary N) is 1. The van der Waals surface area contributed by atoms with Crippen LogP contribution in [0, 0.1) is 11.3 Å². The second-order valence-electron chi connectivity index (χ2n) is 7.11. The Morgan fingerprint density at radius 1 is 1.33 bits per heavy atom. The van der Waals surface area contributed by atoms with Crippen LogP contribution in [0.5, 0.6) is 0 Å². The van der Waals surface area contributed by atoms with E-state index in [-0.39, 0.29) is 0 Å². The molecule has 2 saturated heterocycles. The van der Waals surface area contributed by atoms with Crippen LogP contribution in [0.15, 0.2) is 11.6 Å². The van der Waals surface area contributed by atoms with Crippen LogP contribution in [0.1, 0.15) is 26.7 Å². The molecule has 5 heteroatoms. The van der Waals surface area contributed by atoms with Crippen molar-refractivity contribution in [2.24, 2.45) is 11.3 Å². The zero-order valence-corrected chi connectivity index (χ0v) is 14.2. The third kappa shape index (κ3) is 3.76. The summed E-state index contributed by atoms with van der Waals surface area (Å²) in [6.07, 6.45) is 4.64. The number of rotatable bonds is 4. The topological polar surface area (TPSA) is 31.4 Å². The maximum atomic E-state index is 4.43. The number of hydrogen-bond donors (Lipinski definition) is 1. The highest BCUT2D eigenvalue weighted by molar-refractivity contribution is 7.13. The molecule has 1 N–H and O–H groups in total. The van der Waals surface area contributed by atoms with Gasteiger partial charge in [0, 0.05) is 44.3 Å². The highest BCUT2D eigenvalue weighted by Gasteiger charge is 2.33. The van der Waals surface area contributed by atoms with Crippen molar-refractivity contribution in [3.63, 3.8) is 0 Å². The average molecular weight is 308 g/mol. The van der Waals surface area contributed by atoms with E-state index in [1.54, 1.807) is 11.3 Å². The number of piperidine rings is 1. The molecule has 2 aliphatic heterocycles. The summed E-state index contributed by atoms with van der Waals surface area (Å²) < 4.78 is 0. The van der Waals surface area contributed by atoms with E-state index in [0.717, 1.165) is 19.0 Å². The molecular weight excluding hydrogens is 280 g/mol. The highest BCUT2D eigenvalue weighted by atomic mass is 32.1. The molecule has 118 valence electrons. The molecule has 0 saturated carbocycles. The summed E-state index contributed by atoms with van der Waals surface area (Å²) in [5.74, 6) is 0.822. The van der Waals surface area contributed by atoms with Crippen molar-refractivity contribution >= 4 is 16.5 Å². The van der Waals surface area contributed by atoms with Crippen LogP contribution in [0.25, 0.3) is 0 Å². The van der Waals surface area contributed by atoms with E-state index in [9.17, 15) is 0 Å². The fraction of sp³-hybridized carbons (Fsp3) is 0.812. The summed E-state index contributed by atoms with van der Waals surface area (Å²) in [5.41, 5.74) is 0.413. The highest BCUT2D eigenvalue weighted by Crippen LogP contribution is 2.33. The van der Waals surface area contributed by atoms with Gasteiger partial charge in [-0.1, -0.05) is 13.8 Å². The lowest BCUT2D eigenvalue weighted by Crippen LogP contribution is -2.51.